The number of aryl methyl sites for hydroxylation is 1. The van der Waals surface area contributed by atoms with Crippen LogP contribution in [0.1, 0.15) is 55.4 Å². The van der Waals surface area contributed by atoms with Crippen LogP contribution in [0.15, 0.2) is 71.4 Å². The molecule has 1 aliphatic carbocycles. The number of fused-ring (bicyclic) bond motifs is 2. The van der Waals surface area contributed by atoms with Crippen molar-refractivity contribution in [2.75, 3.05) is 26.3 Å². The van der Waals surface area contributed by atoms with Gasteiger partial charge in [-0.05, 0) is 102 Å². The van der Waals surface area contributed by atoms with Crippen molar-refractivity contribution in [2.45, 2.75) is 45.6 Å². The molecule has 0 saturated carbocycles. The SMILES string of the molecule is C.Oc1ccc2c(c1)CCCC(c1ccc3oncc3c1)=C2c1ccc(O[C@H]2CCN(CCCF)C2)cc1. The molecular weight excluding hydrogens is 479 g/mol. The molecule has 1 aromatic heterocycles. The fourth-order valence-corrected chi connectivity index (χ4v) is 5.72. The van der Waals surface area contributed by atoms with E-state index in [0.29, 0.717) is 12.2 Å². The van der Waals surface area contributed by atoms with Crippen LogP contribution in [0.3, 0.4) is 0 Å². The second-order valence-electron chi connectivity index (χ2n) is 10.0. The van der Waals surface area contributed by atoms with Crippen LogP contribution in [0.2, 0.25) is 0 Å². The average Bonchev–Trinajstić information content (AvgIpc) is 3.53. The highest BCUT2D eigenvalue weighted by Crippen LogP contribution is 2.41. The van der Waals surface area contributed by atoms with E-state index in [0.717, 1.165) is 84.3 Å². The van der Waals surface area contributed by atoms with E-state index >= 15 is 0 Å². The Morgan fingerprint density at radius 3 is 2.71 bits per heavy atom. The summed E-state index contributed by atoms with van der Waals surface area (Å²) in [5, 5.41) is 15.1. The topological polar surface area (TPSA) is 58.7 Å². The molecule has 1 fully saturated rings. The summed E-state index contributed by atoms with van der Waals surface area (Å²) in [6.45, 7) is 2.33. The number of phenols is 1. The zero-order chi connectivity index (χ0) is 25.2. The minimum absolute atomic E-state index is 0. The molecule has 38 heavy (non-hydrogen) atoms. The Morgan fingerprint density at radius 2 is 1.87 bits per heavy atom. The third kappa shape index (κ3) is 5.32. The van der Waals surface area contributed by atoms with Gasteiger partial charge in [0.1, 0.15) is 17.6 Å². The van der Waals surface area contributed by atoms with Crippen molar-refractivity contribution in [1.82, 2.24) is 10.1 Å². The van der Waals surface area contributed by atoms with Crippen LogP contribution in [0.5, 0.6) is 11.5 Å². The number of phenolic OH excluding ortho intramolecular Hbond substituents is 1. The highest BCUT2D eigenvalue weighted by atomic mass is 19.1. The van der Waals surface area contributed by atoms with Gasteiger partial charge in [-0.2, -0.15) is 0 Å². The van der Waals surface area contributed by atoms with Gasteiger partial charge in [0, 0.05) is 25.0 Å². The van der Waals surface area contributed by atoms with E-state index in [4.69, 9.17) is 9.26 Å². The van der Waals surface area contributed by atoms with Crippen LogP contribution < -0.4 is 4.74 Å². The molecule has 0 radical (unpaired) electrons. The summed E-state index contributed by atoms with van der Waals surface area (Å²) in [4.78, 5) is 2.28. The molecule has 198 valence electrons. The van der Waals surface area contributed by atoms with Gasteiger partial charge in [0.25, 0.3) is 0 Å². The third-order valence-corrected chi connectivity index (χ3v) is 7.52. The fraction of sp³-hybridized carbons (Fsp3) is 0.344. The van der Waals surface area contributed by atoms with Crippen LogP contribution in [0, 0.1) is 0 Å². The van der Waals surface area contributed by atoms with Crippen molar-refractivity contribution in [1.29, 1.82) is 0 Å². The summed E-state index contributed by atoms with van der Waals surface area (Å²) in [5.41, 5.74) is 7.85. The van der Waals surface area contributed by atoms with Gasteiger partial charge in [0.15, 0.2) is 5.58 Å². The lowest BCUT2D eigenvalue weighted by Gasteiger charge is -2.18. The largest absolute Gasteiger partial charge is 0.508 e. The zero-order valence-corrected chi connectivity index (χ0v) is 20.8. The van der Waals surface area contributed by atoms with E-state index < -0.39 is 0 Å². The molecule has 0 spiro atoms. The Balaban J connectivity index is 0.00000294. The van der Waals surface area contributed by atoms with E-state index in [1.54, 1.807) is 12.3 Å². The van der Waals surface area contributed by atoms with Crippen LogP contribution in [0.4, 0.5) is 4.39 Å². The summed E-state index contributed by atoms with van der Waals surface area (Å²) in [6.07, 6.45) is 6.28. The van der Waals surface area contributed by atoms with Crippen molar-refractivity contribution in [3.63, 3.8) is 0 Å². The van der Waals surface area contributed by atoms with E-state index in [1.807, 2.05) is 18.2 Å². The number of aromatic nitrogens is 1. The Labute approximate surface area is 223 Å². The smallest absolute Gasteiger partial charge is 0.166 e. The molecular formula is C32H35FN2O3. The monoisotopic (exact) mass is 514 g/mol. The molecule has 6 rings (SSSR count). The Kier molecular flexibility index (Phi) is 7.79. The van der Waals surface area contributed by atoms with Crippen molar-refractivity contribution in [3.05, 3.63) is 89.1 Å². The first kappa shape index (κ1) is 26.0. The van der Waals surface area contributed by atoms with Gasteiger partial charge in [-0.3, -0.25) is 9.29 Å². The number of likely N-dealkylation sites (tertiary alicyclic amines) is 1. The van der Waals surface area contributed by atoms with Crippen molar-refractivity contribution in [3.8, 4) is 11.5 Å². The second-order valence-corrected chi connectivity index (χ2v) is 10.0. The van der Waals surface area contributed by atoms with Crippen molar-refractivity contribution < 1.29 is 18.8 Å². The normalized spacial score (nSPS) is 17.8. The number of halogens is 1. The number of hydrogen-bond donors (Lipinski definition) is 1. The summed E-state index contributed by atoms with van der Waals surface area (Å²) >= 11 is 0. The van der Waals surface area contributed by atoms with Gasteiger partial charge in [-0.15, -0.1) is 0 Å². The van der Waals surface area contributed by atoms with Gasteiger partial charge >= 0.3 is 0 Å². The number of rotatable bonds is 7. The summed E-state index contributed by atoms with van der Waals surface area (Å²) in [5.74, 6) is 1.15. The molecule has 2 aliphatic rings. The molecule has 0 bridgehead atoms. The first-order chi connectivity index (χ1) is 18.2. The maximum absolute atomic E-state index is 12.5. The minimum atomic E-state index is -0.267. The summed E-state index contributed by atoms with van der Waals surface area (Å²) in [6, 6.07) is 20.3. The molecule has 1 aliphatic heterocycles. The number of allylic oxidation sites excluding steroid dienone is 1. The molecule has 1 atom stereocenters. The molecule has 1 N–H and O–H groups in total. The number of alkyl halides is 1. The van der Waals surface area contributed by atoms with Gasteiger partial charge in [0.05, 0.1) is 12.9 Å². The maximum Gasteiger partial charge on any atom is 0.166 e. The van der Waals surface area contributed by atoms with Crippen LogP contribution in [0.25, 0.3) is 22.1 Å². The molecule has 1 saturated heterocycles. The molecule has 6 heteroatoms. The minimum Gasteiger partial charge on any atom is -0.508 e. The predicted molar refractivity (Wildman–Crippen MR) is 150 cm³/mol. The number of hydrogen-bond acceptors (Lipinski definition) is 5. The van der Waals surface area contributed by atoms with E-state index in [-0.39, 0.29) is 20.2 Å². The lowest BCUT2D eigenvalue weighted by atomic mass is 9.87. The Morgan fingerprint density at radius 1 is 1.03 bits per heavy atom. The number of benzene rings is 3. The highest BCUT2D eigenvalue weighted by Gasteiger charge is 2.24. The van der Waals surface area contributed by atoms with E-state index in [1.165, 1.54) is 11.1 Å². The Hall–Kier alpha value is -3.64. The third-order valence-electron chi connectivity index (χ3n) is 7.52. The maximum atomic E-state index is 12.5. The van der Waals surface area contributed by atoms with Crippen molar-refractivity contribution >= 4 is 22.1 Å². The van der Waals surface area contributed by atoms with Crippen LogP contribution >= 0.6 is 0 Å². The molecule has 2 heterocycles. The number of ether oxygens (including phenoxy) is 1. The fourth-order valence-electron chi connectivity index (χ4n) is 5.72. The van der Waals surface area contributed by atoms with Gasteiger partial charge in [-0.25, -0.2) is 0 Å². The molecule has 0 amide bonds. The van der Waals surface area contributed by atoms with E-state index in [2.05, 4.69) is 46.5 Å². The molecule has 0 unspecified atom stereocenters. The zero-order valence-electron chi connectivity index (χ0n) is 20.8. The standard InChI is InChI=1S/C31H31FN2O3.CH4/c32-14-2-15-34-16-13-27(20-34)36-26-9-5-21(6-10-26)31-28(23-7-12-30-24(17-23)19-33-37-30)4-1-3-22-18-25(35)8-11-29(22)31;/h5-12,17-19,27,35H,1-4,13-16,20H2;1H4/t27-;/m0./s1. The van der Waals surface area contributed by atoms with Crippen LogP contribution in [-0.2, 0) is 6.42 Å². The first-order valence-electron chi connectivity index (χ1n) is 13.1. The lowest BCUT2D eigenvalue weighted by molar-refractivity contribution is 0.198. The average molecular weight is 515 g/mol. The van der Waals surface area contributed by atoms with Gasteiger partial charge < -0.3 is 14.4 Å². The number of nitrogens with zero attached hydrogens (tertiary/aromatic N) is 2. The lowest BCUT2D eigenvalue weighted by Crippen LogP contribution is -2.26. The molecule has 3 aromatic carbocycles. The van der Waals surface area contributed by atoms with Gasteiger partial charge in [0.2, 0.25) is 0 Å². The molecule has 4 aromatic rings. The summed E-state index contributed by atoms with van der Waals surface area (Å²) < 4.78 is 24.1. The van der Waals surface area contributed by atoms with Gasteiger partial charge in [-0.1, -0.05) is 36.8 Å². The Bertz CT molecular complexity index is 1430. The second kappa shape index (κ2) is 11.4. The quantitative estimate of drug-likeness (QED) is 0.281. The summed E-state index contributed by atoms with van der Waals surface area (Å²) in [7, 11) is 0. The predicted octanol–water partition coefficient (Wildman–Crippen LogP) is 7.28. The highest BCUT2D eigenvalue weighted by molar-refractivity contribution is 6.01. The number of aromatic hydroxyl groups is 1. The van der Waals surface area contributed by atoms with Crippen molar-refractivity contribution in [2.24, 2.45) is 0 Å². The first-order valence-corrected chi connectivity index (χ1v) is 13.1. The van der Waals surface area contributed by atoms with E-state index in [9.17, 15) is 9.50 Å². The van der Waals surface area contributed by atoms with Crippen LogP contribution in [-0.4, -0.2) is 47.6 Å². The molecule has 5 nitrogen and oxygen atoms in total.